The number of carbonyl (C=O) groups excluding carboxylic acids is 1. The van der Waals surface area contributed by atoms with Gasteiger partial charge in [0, 0.05) is 18.1 Å². The van der Waals surface area contributed by atoms with Crippen molar-refractivity contribution in [1.82, 2.24) is 9.62 Å². The van der Waals surface area contributed by atoms with Crippen molar-refractivity contribution >= 4 is 43.2 Å². The van der Waals surface area contributed by atoms with Crippen molar-refractivity contribution in [2.24, 2.45) is 0 Å². The molecule has 1 saturated heterocycles. The second-order valence-corrected chi connectivity index (χ2v) is 12.6. The van der Waals surface area contributed by atoms with Crippen LogP contribution < -0.4 is 14.4 Å². The fraction of sp³-hybridized carbons (Fsp3) is 0.435. The summed E-state index contributed by atoms with van der Waals surface area (Å²) in [5, 5.41) is 3.07. The van der Waals surface area contributed by atoms with Crippen LogP contribution in [0.4, 0.5) is 5.69 Å². The summed E-state index contributed by atoms with van der Waals surface area (Å²) in [7, 11) is -7.25. The Bertz CT molecular complexity index is 1260. The van der Waals surface area contributed by atoms with Gasteiger partial charge >= 0.3 is 0 Å². The molecule has 0 aromatic heterocycles. The van der Waals surface area contributed by atoms with Crippen LogP contribution in [0.15, 0.2) is 47.4 Å². The standard InChI is InChI=1S/C23H30ClN3O6S2/c1-17-6-7-19(16-22(17)24)27(34(3,29)30)18(2)23(28)25-12-15-33-20-8-10-21(11-9-20)35(31,32)26-13-4-5-14-26/h6-11,16,18H,4-5,12-15H2,1-3H3,(H,25,28)/t18-/m1/s1. The Morgan fingerprint density at radius 3 is 2.31 bits per heavy atom. The third-order valence-electron chi connectivity index (χ3n) is 5.69. The largest absolute Gasteiger partial charge is 0.492 e. The van der Waals surface area contributed by atoms with Gasteiger partial charge in [-0.05, 0) is 68.7 Å². The Balaban J connectivity index is 1.55. The lowest BCUT2D eigenvalue weighted by molar-refractivity contribution is -0.121. The van der Waals surface area contributed by atoms with Crippen molar-refractivity contribution in [2.45, 2.75) is 37.6 Å². The number of sulfonamides is 2. The number of rotatable bonds is 10. The van der Waals surface area contributed by atoms with Gasteiger partial charge in [-0.1, -0.05) is 17.7 Å². The fourth-order valence-electron chi connectivity index (χ4n) is 3.80. The summed E-state index contributed by atoms with van der Waals surface area (Å²) in [5.41, 5.74) is 1.09. The fourth-order valence-corrected chi connectivity index (χ4v) is 6.66. The molecule has 0 spiro atoms. The van der Waals surface area contributed by atoms with Crippen molar-refractivity contribution in [3.8, 4) is 5.75 Å². The molecule has 1 aliphatic heterocycles. The van der Waals surface area contributed by atoms with Gasteiger partial charge in [-0.3, -0.25) is 9.10 Å². The van der Waals surface area contributed by atoms with E-state index in [1.807, 2.05) is 0 Å². The number of nitrogens with zero attached hydrogens (tertiary/aromatic N) is 2. The lowest BCUT2D eigenvalue weighted by Crippen LogP contribution is -2.48. The van der Waals surface area contributed by atoms with E-state index in [1.54, 1.807) is 31.2 Å². The maximum absolute atomic E-state index is 12.7. The first-order valence-corrected chi connectivity index (χ1v) is 14.8. The van der Waals surface area contributed by atoms with Crippen LogP contribution >= 0.6 is 11.6 Å². The number of hydrogen-bond acceptors (Lipinski definition) is 6. The second kappa shape index (κ2) is 11.2. The number of aryl methyl sites for hydroxylation is 1. The summed E-state index contributed by atoms with van der Waals surface area (Å²) >= 11 is 6.15. The number of ether oxygens (including phenoxy) is 1. The molecule has 1 N–H and O–H groups in total. The highest BCUT2D eigenvalue weighted by Crippen LogP contribution is 2.27. The van der Waals surface area contributed by atoms with E-state index in [-0.39, 0.29) is 18.0 Å². The number of hydrogen-bond donors (Lipinski definition) is 1. The van der Waals surface area contributed by atoms with E-state index in [1.165, 1.54) is 29.4 Å². The number of halogens is 1. The molecule has 0 radical (unpaired) electrons. The number of anilines is 1. The Morgan fingerprint density at radius 2 is 1.74 bits per heavy atom. The number of nitrogens with one attached hydrogen (secondary N) is 1. The molecule has 1 atom stereocenters. The van der Waals surface area contributed by atoms with Crippen LogP contribution in [0.2, 0.25) is 5.02 Å². The van der Waals surface area contributed by atoms with E-state index in [0.717, 1.165) is 29.0 Å². The van der Waals surface area contributed by atoms with Crippen molar-refractivity contribution < 1.29 is 26.4 Å². The van der Waals surface area contributed by atoms with Gasteiger partial charge in [-0.15, -0.1) is 0 Å². The molecule has 3 rings (SSSR count). The summed E-state index contributed by atoms with van der Waals surface area (Å²) < 4.78 is 58.1. The highest BCUT2D eigenvalue weighted by atomic mass is 35.5. The summed E-state index contributed by atoms with van der Waals surface area (Å²) in [6, 6.07) is 9.93. The SMILES string of the molecule is Cc1ccc(N([C@H](C)C(=O)NCCOc2ccc(S(=O)(=O)N3CCCC3)cc2)S(C)(=O)=O)cc1Cl. The lowest BCUT2D eigenvalue weighted by atomic mass is 10.2. The van der Waals surface area contributed by atoms with Crippen LogP contribution in [0.1, 0.15) is 25.3 Å². The molecule has 9 nitrogen and oxygen atoms in total. The third-order valence-corrected chi connectivity index (χ3v) is 9.26. The smallest absolute Gasteiger partial charge is 0.243 e. The first kappa shape index (κ1) is 27.3. The van der Waals surface area contributed by atoms with Crippen LogP contribution in [0, 0.1) is 6.92 Å². The zero-order valence-electron chi connectivity index (χ0n) is 19.9. The lowest BCUT2D eigenvalue weighted by Gasteiger charge is -2.28. The van der Waals surface area contributed by atoms with Crippen molar-refractivity contribution in [3.63, 3.8) is 0 Å². The summed E-state index contributed by atoms with van der Waals surface area (Å²) in [4.78, 5) is 12.9. The van der Waals surface area contributed by atoms with Crippen LogP contribution in [0.25, 0.3) is 0 Å². The molecule has 2 aromatic rings. The minimum absolute atomic E-state index is 0.117. The van der Waals surface area contributed by atoms with E-state index in [2.05, 4.69) is 5.32 Å². The molecule has 35 heavy (non-hydrogen) atoms. The molecule has 1 heterocycles. The zero-order chi connectivity index (χ0) is 25.8. The van der Waals surface area contributed by atoms with E-state index >= 15 is 0 Å². The van der Waals surface area contributed by atoms with Crippen molar-refractivity contribution in [2.75, 3.05) is 36.8 Å². The molecule has 1 fully saturated rings. The van der Waals surface area contributed by atoms with Gasteiger partial charge in [0.15, 0.2) is 0 Å². The number of carbonyl (C=O) groups is 1. The first-order valence-electron chi connectivity index (χ1n) is 11.2. The van der Waals surface area contributed by atoms with Gasteiger partial charge in [0.25, 0.3) is 0 Å². The van der Waals surface area contributed by atoms with E-state index < -0.39 is 32.0 Å². The molecule has 0 saturated carbocycles. The van der Waals surface area contributed by atoms with Gasteiger partial charge < -0.3 is 10.1 Å². The molecule has 2 aromatic carbocycles. The van der Waals surface area contributed by atoms with Gasteiger partial charge in [0.1, 0.15) is 18.4 Å². The van der Waals surface area contributed by atoms with E-state index in [4.69, 9.17) is 16.3 Å². The molecular formula is C23H30ClN3O6S2. The average molecular weight is 544 g/mol. The Kier molecular flexibility index (Phi) is 8.68. The van der Waals surface area contributed by atoms with Crippen LogP contribution in [0.3, 0.4) is 0 Å². The molecule has 0 unspecified atom stereocenters. The van der Waals surface area contributed by atoms with Crippen LogP contribution in [0.5, 0.6) is 5.75 Å². The average Bonchev–Trinajstić information content (AvgIpc) is 3.34. The van der Waals surface area contributed by atoms with Gasteiger partial charge in [0.2, 0.25) is 26.0 Å². The van der Waals surface area contributed by atoms with Gasteiger partial charge in [-0.2, -0.15) is 4.31 Å². The predicted molar refractivity (Wildman–Crippen MR) is 136 cm³/mol. The topological polar surface area (TPSA) is 113 Å². The molecule has 1 aliphatic rings. The minimum Gasteiger partial charge on any atom is -0.492 e. The van der Waals surface area contributed by atoms with Crippen LogP contribution in [-0.4, -0.2) is 65.6 Å². The van der Waals surface area contributed by atoms with E-state index in [0.29, 0.717) is 29.5 Å². The molecular weight excluding hydrogens is 514 g/mol. The molecule has 12 heteroatoms. The Hall–Kier alpha value is -2.34. The van der Waals surface area contributed by atoms with Crippen molar-refractivity contribution in [3.05, 3.63) is 53.1 Å². The minimum atomic E-state index is -3.76. The maximum Gasteiger partial charge on any atom is 0.243 e. The first-order chi connectivity index (χ1) is 16.4. The summed E-state index contributed by atoms with van der Waals surface area (Å²) in [6.45, 7) is 4.60. The highest BCUT2D eigenvalue weighted by molar-refractivity contribution is 7.92. The Labute approximate surface area is 212 Å². The molecule has 0 bridgehead atoms. The summed E-state index contributed by atoms with van der Waals surface area (Å²) in [6.07, 6.45) is 2.76. The molecule has 192 valence electrons. The van der Waals surface area contributed by atoms with Gasteiger partial charge in [-0.25, -0.2) is 16.8 Å². The predicted octanol–water partition coefficient (Wildman–Crippen LogP) is 2.78. The Morgan fingerprint density at radius 1 is 1.11 bits per heavy atom. The summed E-state index contributed by atoms with van der Waals surface area (Å²) in [5.74, 6) is -0.0393. The molecule has 1 amide bonds. The van der Waals surface area contributed by atoms with Crippen molar-refractivity contribution in [1.29, 1.82) is 0 Å². The maximum atomic E-state index is 12.7. The normalized spacial score (nSPS) is 15.5. The second-order valence-electron chi connectivity index (χ2n) is 8.39. The monoisotopic (exact) mass is 543 g/mol. The van der Waals surface area contributed by atoms with E-state index in [9.17, 15) is 21.6 Å². The number of amides is 1. The third kappa shape index (κ3) is 6.66. The zero-order valence-corrected chi connectivity index (χ0v) is 22.3. The number of benzene rings is 2. The molecule has 0 aliphatic carbocycles. The van der Waals surface area contributed by atoms with Gasteiger partial charge in [0.05, 0.1) is 23.4 Å². The highest BCUT2D eigenvalue weighted by Gasteiger charge is 2.29. The van der Waals surface area contributed by atoms with Crippen LogP contribution in [-0.2, 0) is 24.8 Å². The quantitative estimate of drug-likeness (QED) is 0.461.